The molecule has 4 aromatic rings. The van der Waals surface area contributed by atoms with Crippen LogP contribution in [0.5, 0.6) is 0 Å². The van der Waals surface area contributed by atoms with E-state index in [1.165, 1.54) is 77.5 Å². The molecule has 0 saturated heterocycles. The molecule has 0 bridgehead atoms. The van der Waals surface area contributed by atoms with Gasteiger partial charge in [0.25, 0.3) is 0 Å². The van der Waals surface area contributed by atoms with Gasteiger partial charge >= 0.3 is 70.3 Å². The zero-order valence-corrected chi connectivity index (χ0v) is 31.4. The molecule has 1 aliphatic carbocycles. The van der Waals surface area contributed by atoms with Crippen LogP contribution in [0, 0.1) is 13.0 Å². The summed E-state index contributed by atoms with van der Waals surface area (Å²) in [5, 5.41) is 0. The van der Waals surface area contributed by atoms with Gasteiger partial charge in [-0.15, -0.1) is 5.56 Å². The van der Waals surface area contributed by atoms with E-state index in [1.54, 1.807) is 0 Å². The average molecular weight is 679 g/mol. The number of rotatable bonds is 1. The van der Waals surface area contributed by atoms with Crippen molar-refractivity contribution in [2.45, 2.75) is 98.8 Å². The van der Waals surface area contributed by atoms with Crippen molar-refractivity contribution in [1.82, 2.24) is 0 Å². The molecule has 1 aliphatic rings. The molecule has 3 heteroatoms. The Labute approximate surface area is 284 Å². The summed E-state index contributed by atoms with van der Waals surface area (Å²) >= 11 is 1.51. The van der Waals surface area contributed by atoms with E-state index in [0.717, 1.165) is 6.42 Å². The second-order valence-electron chi connectivity index (χ2n) is 14.2. The first-order valence-corrected chi connectivity index (χ1v) is 15.7. The zero-order chi connectivity index (χ0) is 29.9. The summed E-state index contributed by atoms with van der Waals surface area (Å²) in [5.41, 5.74) is 13.2. The second kappa shape index (κ2) is 15.4. The van der Waals surface area contributed by atoms with E-state index >= 15 is 0 Å². The smallest absolute Gasteiger partial charge is 0.0635 e. The van der Waals surface area contributed by atoms with Gasteiger partial charge in [-0.1, -0.05) is 109 Å². The van der Waals surface area contributed by atoms with Crippen LogP contribution in [-0.4, -0.2) is 3.21 Å². The molecular weight excluding hydrogens is 631 g/mol. The van der Waals surface area contributed by atoms with Crippen LogP contribution in [0.15, 0.2) is 78.9 Å². The fourth-order valence-electron chi connectivity index (χ4n) is 4.70. The number of benzene rings is 3. The fourth-order valence-corrected chi connectivity index (χ4v) is 5.11. The third-order valence-electron chi connectivity index (χ3n) is 7.51. The van der Waals surface area contributed by atoms with Crippen LogP contribution in [0.1, 0.15) is 108 Å². The summed E-state index contributed by atoms with van der Waals surface area (Å²) in [7, 11) is 0. The van der Waals surface area contributed by atoms with E-state index in [4.69, 9.17) is 0 Å². The van der Waals surface area contributed by atoms with Crippen LogP contribution in [-0.2, 0) is 46.9 Å². The maximum absolute atomic E-state index is 3.53. The monoisotopic (exact) mass is 676 g/mol. The third kappa shape index (κ3) is 10.5. The minimum absolute atomic E-state index is 0. The predicted molar refractivity (Wildman–Crippen MR) is 173 cm³/mol. The Kier molecular flexibility index (Phi) is 14.0. The Balaban J connectivity index is 0.000000353. The number of hydrogen-bond acceptors (Lipinski definition) is 0. The molecule has 224 valence electrons. The quantitative estimate of drug-likeness (QED) is 0.230. The molecule has 5 rings (SSSR count). The molecule has 4 aromatic carbocycles. The van der Waals surface area contributed by atoms with Crippen LogP contribution in [0.3, 0.4) is 0 Å². The maximum Gasteiger partial charge on any atom is -0.0635 e. The van der Waals surface area contributed by atoms with Crippen LogP contribution in [0.25, 0.3) is 11.1 Å². The molecule has 0 spiro atoms. The van der Waals surface area contributed by atoms with Crippen molar-refractivity contribution in [3.8, 4) is 11.1 Å². The van der Waals surface area contributed by atoms with Crippen LogP contribution in [0.2, 0.25) is 0 Å². The van der Waals surface area contributed by atoms with Crippen molar-refractivity contribution in [1.29, 1.82) is 0 Å². The Bertz CT molecular complexity index is 1380. The SMILES string of the molecule is CC(C)(C)c1c[c-]c2c(c1)-c1cc(C(C)(C)C)ccc1C2.C[C](=[Zr+2])c1ccccc1.Cc1cc(C(C)(C)C)c[cH-]1.[Cl-].[Cl-]. The van der Waals surface area contributed by atoms with Crippen LogP contribution >= 0.6 is 0 Å². The molecule has 0 N–H and O–H groups in total. The molecule has 0 heterocycles. The number of hydrogen-bond donors (Lipinski definition) is 0. The van der Waals surface area contributed by atoms with Crippen molar-refractivity contribution < 1.29 is 49.0 Å². The largest absolute Gasteiger partial charge is 1.00 e. The van der Waals surface area contributed by atoms with Crippen molar-refractivity contribution in [2.24, 2.45) is 0 Å². The molecule has 0 aromatic heterocycles. The van der Waals surface area contributed by atoms with Gasteiger partial charge in [0.1, 0.15) is 0 Å². The van der Waals surface area contributed by atoms with Gasteiger partial charge in [-0.05, 0) is 17.4 Å². The fraction of sp³-hybridized carbons (Fsp3) is 0.385. The summed E-state index contributed by atoms with van der Waals surface area (Å²) < 4.78 is 1.46. The summed E-state index contributed by atoms with van der Waals surface area (Å²) in [6, 6.07) is 32.2. The minimum atomic E-state index is 0. The van der Waals surface area contributed by atoms with Gasteiger partial charge in [-0.25, -0.2) is 6.07 Å². The normalized spacial score (nSPS) is 11.8. The van der Waals surface area contributed by atoms with Crippen molar-refractivity contribution >= 4 is 3.21 Å². The standard InChI is InChI=1S/C21H25.C10H15.C8H8.2ClH.Zr/c1-20(2,3)16-9-7-14-11-15-8-10-17(21(4,5)6)13-19(15)18(14)12-16;1-8-5-6-9(7-8)10(2,3)4;1-2-8-6-4-3-5-7-8;;;/h7,9-10,12-13H,11H2,1-6H3;5-7H,1-4H3;3-7H,1H3;2*1H;/q2*-1;;;;+2/p-2. The molecule has 0 amide bonds. The molecule has 0 saturated carbocycles. The Morgan fingerprint density at radius 1 is 0.714 bits per heavy atom. The van der Waals surface area contributed by atoms with Gasteiger partial charge in [0.2, 0.25) is 0 Å². The number of fused-ring (bicyclic) bond motifs is 3. The minimum Gasteiger partial charge on any atom is -1.00 e. The molecule has 0 atom stereocenters. The van der Waals surface area contributed by atoms with E-state index in [1.807, 2.05) is 6.07 Å². The van der Waals surface area contributed by atoms with Gasteiger partial charge < -0.3 is 24.8 Å². The van der Waals surface area contributed by atoms with Gasteiger partial charge in [0.05, 0.1) is 0 Å². The third-order valence-corrected chi connectivity index (χ3v) is 8.22. The predicted octanol–water partition coefficient (Wildman–Crippen LogP) is 4.45. The summed E-state index contributed by atoms with van der Waals surface area (Å²) in [5.74, 6) is 0. The second-order valence-corrected chi connectivity index (χ2v) is 16.1. The van der Waals surface area contributed by atoms with E-state index < -0.39 is 0 Å². The molecule has 42 heavy (non-hydrogen) atoms. The molecular formula is C39H48Cl2Zr-2. The number of halogens is 2. The van der Waals surface area contributed by atoms with E-state index in [9.17, 15) is 0 Å². The Morgan fingerprint density at radius 3 is 1.69 bits per heavy atom. The summed E-state index contributed by atoms with van der Waals surface area (Å²) in [6.45, 7) is 24.7. The average Bonchev–Trinajstić information content (AvgIpc) is 3.47. The maximum atomic E-state index is 3.53. The molecule has 0 fully saturated rings. The first-order chi connectivity index (χ1) is 18.5. The van der Waals surface area contributed by atoms with Crippen molar-refractivity contribution in [3.63, 3.8) is 0 Å². The Morgan fingerprint density at radius 2 is 1.26 bits per heavy atom. The molecule has 0 nitrogen and oxygen atoms in total. The van der Waals surface area contributed by atoms with Gasteiger partial charge in [-0.2, -0.15) is 52.6 Å². The van der Waals surface area contributed by atoms with E-state index in [2.05, 4.69) is 155 Å². The first kappa shape index (κ1) is 38.4. The summed E-state index contributed by atoms with van der Waals surface area (Å²) in [6.07, 6.45) is 1.03. The van der Waals surface area contributed by atoms with E-state index in [-0.39, 0.29) is 35.6 Å². The topological polar surface area (TPSA) is 0 Å². The zero-order valence-electron chi connectivity index (χ0n) is 27.5. The number of aryl methyl sites for hydroxylation is 1. The Hall–Kier alpha value is -1.66. The van der Waals surface area contributed by atoms with Gasteiger partial charge in [0, 0.05) is 0 Å². The van der Waals surface area contributed by atoms with Crippen LogP contribution in [0.4, 0.5) is 0 Å². The van der Waals surface area contributed by atoms with Crippen molar-refractivity contribution in [2.75, 3.05) is 0 Å². The van der Waals surface area contributed by atoms with Crippen molar-refractivity contribution in [3.05, 3.63) is 124 Å². The van der Waals surface area contributed by atoms with Gasteiger partial charge in [0.15, 0.2) is 0 Å². The van der Waals surface area contributed by atoms with E-state index in [0.29, 0.717) is 5.41 Å². The van der Waals surface area contributed by atoms with Crippen LogP contribution < -0.4 is 24.8 Å². The molecule has 0 aliphatic heterocycles. The first-order valence-electron chi connectivity index (χ1n) is 14.5. The summed E-state index contributed by atoms with van der Waals surface area (Å²) in [4.78, 5) is 0. The molecule has 0 unspecified atom stereocenters. The van der Waals surface area contributed by atoms with Gasteiger partial charge in [-0.3, -0.25) is 0 Å². The molecule has 0 radical (unpaired) electrons.